The maximum atomic E-state index is 10.7. The van der Waals surface area contributed by atoms with Crippen LogP contribution in [0.2, 0.25) is 5.02 Å². The number of aliphatic hydroxyl groups is 2. The van der Waals surface area contributed by atoms with E-state index in [0.29, 0.717) is 0 Å². The van der Waals surface area contributed by atoms with Crippen LogP contribution in [0.3, 0.4) is 0 Å². The van der Waals surface area contributed by atoms with E-state index in [4.69, 9.17) is 23.2 Å². The first-order valence-electron chi connectivity index (χ1n) is 4.33. The van der Waals surface area contributed by atoms with Crippen LogP contribution in [0.1, 0.15) is 11.7 Å². The van der Waals surface area contributed by atoms with Crippen molar-refractivity contribution in [2.75, 3.05) is 5.88 Å². The second kappa shape index (κ2) is 5.45. The van der Waals surface area contributed by atoms with Gasteiger partial charge in [0.15, 0.2) is 0 Å². The summed E-state index contributed by atoms with van der Waals surface area (Å²) in [6.07, 6.45) is -2.71. The van der Waals surface area contributed by atoms with Gasteiger partial charge in [0.05, 0.1) is 22.5 Å². The van der Waals surface area contributed by atoms with Crippen molar-refractivity contribution >= 4 is 28.9 Å². The number of nitro benzene ring substituents is 1. The van der Waals surface area contributed by atoms with E-state index in [1.807, 2.05) is 0 Å². The molecule has 16 heavy (non-hydrogen) atoms. The van der Waals surface area contributed by atoms with Crippen LogP contribution in [0.15, 0.2) is 18.2 Å². The number of benzene rings is 1. The van der Waals surface area contributed by atoms with Gasteiger partial charge in [-0.15, -0.1) is 11.6 Å². The average Bonchev–Trinajstić information content (AvgIpc) is 2.26. The molecular weight excluding hydrogens is 257 g/mol. The molecule has 1 rings (SSSR count). The first-order chi connectivity index (χ1) is 7.47. The number of rotatable bonds is 4. The largest absolute Gasteiger partial charge is 0.389 e. The van der Waals surface area contributed by atoms with Gasteiger partial charge in [-0.25, -0.2) is 0 Å². The summed E-state index contributed by atoms with van der Waals surface area (Å²) in [5.74, 6) is -0.231. The highest BCUT2D eigenvalue weighted by Gasteiger charge is 2.25. The highest BCUT2D eigenvalue weighted by atomic mass is 35.5. The molecule has 0 aromatic heterocycles. The molecule has 0 spiro atoms. The summed E-state index contributed by atoms with van der Waals surface area (Å²) < 4.78 is 0. The zero-order valence-corrected chi connectivity index (χ0v) is 9.52. The maximum absolute atomic E-state index is 10.7. The lowest BCUT2D eigenvalue weighted by Gasteiger charge is -2.15. The third-order valence-corrected chi connectivity index (χ3v) is 2.58. The van der Waals surface area contributed by atoms with Gasteiger partial charge in [0.2, 0.25) is 0 Å². The SMILES string of the molecule is O=[N+]([O-])c1ccc(Cl)cc1C(O)C(O)CCl. The van der Waals surface area contributed by atoms with Gasteiger partial charge >= 0.3 is 0 Å². The van der Waals surface area contributed by atoms with Crippen LogP contribution in [0, 0.1) is 10.1 Å². The van der Waals surface area contributed by atoms with Crippen molar-refractivity contribution < 1.29 is 15.1 Å². The fraction of sp³-hybridized carbons (Fsp3) is 0.333. The van der Waals surface area contributed by atoms with Crippen LogP contribution in [-0.4, -0.2) is 27.1 Å². The number of hydrogen-bond donors (Lipinski definition) is 2. The summed E-state index contributed by atoms with van der Waals surface area (Å²) in [6, 6.07) is 3.74. The third-order valence-electron chi connectivity index (χ3n) is 2.03. The van der Waals surface area contributed by atoms with Gasteiger partial charge in [-0.05, 0) is 12.1 Å². The second-order valence-corrected chi connectivity index (χ2v) is 3.87. The van der Waals surface area contributed by atoms with Gasteiger partial charge in [0.1, 0.15) is 6.10 Å². The first kappa shape index (κ1) is 13.2. The van der Waals surface area contributed by atoms with E-state index < -0.39 is 17.1 Å². The van der Waals surface area contributed by atoms with Gasteiger partial charge < -0.3 is 10.2 Å². The number of halogens is 2. The molecule has 88 valence electrons. The van der Waals surface area contributed by atoms with E-state index in [1.54, 1.807) is 0 Å². The molecule has 0 fully saturated rings. The standard InChI is InChI=1S/C9H9Cl2NO4/c10-4-8(13)9(14)6-3-5(11)1-2-7(6)12(15)16/h1-3,8-9,13-14H,4H2. The molecule has 0 aliphatic heterocycles. The quantitative estimate of drug-likeness (QED) is 0.495. The predicted octanol–water partition coefficient (Wildman–Crippen LogP) is 1.88. The molecule has 0 aliphatic carbocycles. The van der Waals surface area contributed by atoms with Gasteiger partial charge in [-0.2, -0.15) is 0 Å². The van der Waals surface area contributed by atoms with E-state index in [1.165, 1.54) is 18.2 Å². The molecule has 0 heterocycles. The zero-order chi connectivity index (χ0) is 12.3. The van der Waals surface area contributed by atoms with E-state index in [9.17, 15) is 20.3 Å². The molecule has 0 saturated carbocycles. The smallest absolute Gasteiger partial charge is 0.275 e. The Kier molecular flexibility index (Phi) is 4.49. The highest BCUT2D eigenvalue weighted by Crippen LogP contribution is 2.30. The summed E-state index contributed by atoms with van der Waals surface area (Å²) in [6.45, 7) is 0. The summed E-state index contributed by atoms with van der Waals surface area (Å²) in [5, 5.41) is 29.9. The average molecular weight is 266 g/mol. The van der Waals surface area contributed by atoms with Crippen LogP contribution >= 0.6 is 23.2 Å². The van der Waals surface area contributed by atoms with Crippen LogP contribution in [0.25, 0.3) is 0 Å². The minimum Gasteiger partial charge on any atom is -0.389 e. The van der Waals surface area contributed by atoms with Crippen molar-refractivity contribution in [2.45, 2.75) is 12.2 Å². The van der Waals surface area contributed by atoms with E-state index in [2.05, 4.69) is 0 Å². The Labute approximate surface area is 101 Å². The van der Waals surface area contributed by atoms with Crippen molar-refractivity contribution in [1.82, 2.24) is 0 Å². The van der Waals surface area contributed by atoms with Crippen LogP contribution in [0.4, 0.5) is 5.69 Å². The van der Waals surface area contributed by atoms with Gasteiger partial charge in [0, 0.05) is 11.1 Å². The fourth-order valence-corrected chi connectivity index (χ4v) is 1.57. The monoisotopic (exact) mass is 265 g/mol. The minimum atomic E-state index is -1.43. The number of aliphatic hydroxyl groups excluding tert-OH is 2. The molecule has 0 aliphatic rings. The molecule has 1 aromatic rings. The molecule has 2 unspecified atom stereocenters. The Hall–Kier alpha value is -0.880. The fourth-order valence-electron chi connectivity index (χ4n) is 1.22. The Morgan fingerprint density at radius 2 is 2.06 bits per heavy atom. The van der Waals surface area contributed by atoms with E-state index in [-0.39, 0.29) is 22.2 Å². The molecule has 2 N–H and O–H groups in total. The molecular formula is C9H9Cl2NO4. The Bertz CT molecular complexity index is 399. The first-order valence-corrected chi connectivity index (χ1v) is 5.24. The number of hydrogen-bond acceptors (Lipinski definition) is 4. The van der Waals surface area contributed by atoms with Crippen molar-refractivity contribution in [3.05, 3.63) is 38.9 Å². The topological polar surface area (TPSA) is 83.6 Å². The molecule has 0 saturated heterocycles. The molecule has 0 bridgehead atoms. The second-order valence-electron chi connectivity index (χ2n) is 3.13. The molecule has 2 atom stereocenters. The summed E-state index contributed by atoms with van der Waals surface area (Å²) >= 11 is 11.0. The normalized spacial score (nSPS) is 14.5. The van der Waals surface area contributed by atoms with E-state index in [0.717, 1.165) is 0 Å². The number of alkyl halides is 1. The van der Waals surface area contributed by atoms with Crippen LogP contribution in [-0.2, 0) is 0 Å². The Morgan fingerprint density at radius 3 is 2.56 bits per heavy atom. The molecule has 5 nitrogen and oxygen atoms in total. The van der Waals surface area contributed by atoms with Gasteiger partial charge in [-0.1, -0.05) is 11.6 Å². The maximum Gasteiger partial charge on any atom is 0.275 e. The van der Waals surface area contributed by atoms with Crippen LogP contribution in [0.5, 0.6) is 0 Å². The van der Waals surface area contributed by atoms with Gasteiger partial charge in [0.25, 0.3) is 5.69 Å². The highest BCUT2D eigenvalue weighted by molar-refractivity contribution is 6.30. The van der Waals surface area contributed by atoms with Crippen molar-refractivity contribution in [3.63, 3.8) is 0 Å². The van der Waals surface area contributed by atoms with Crippen molar-refractivity contribution in [1.29, 1.82) is 0 Å². The summed E-state index contributed by atoms with van der Waals surface area (Å²) in [5.41, 5.74) is -0.355. The molecule has 1 aromatic carbocycles. The summed E-state index contributed by atoms with van der Waals surface area (Å²) in [7, 11) is 0. The minimum absolute atomic E-state index is 0.0503. The number of nitrogens with zero attached hydrogens (tertiary/aromatic N) is 1. The van der Waals surface area contributed by atoms with Crippen molar-refractivity contribution in [2.24, 2.45) is 0 Å². The molecule has 7 heteroatoms. The lowest BCUT2D eigenvalue weighted by molar-refractivity contribution is -0.386. The molecule has 0 amide bonds. The van der Waals surface area contributed by atoms with Gasteiger partial charge in [-0.3, -0.25) is 10.1 Å². The zero-order valence-electron chi connectivity index (χ0n) is 8.01. The van der Waals surface area contributed by atoms with E-state index >= 15 is 0 Å². The lowest BCUT2D eigenvalue weighted by atomic mass is 10.0. The summed E-state index contributed by atoms with van der Waals surface area (Å²) in [4.78, 5) is 10.0. The third kappa shape index (κ3) is 2.82. The lowest BCUT2D eigenvalue weighted by Crippen LogP contribution is -2.20. The predicted molar refractivity (Wildman–Crippen MR) is 59.8 cm³/mol. The van der Waals surface area contributed by atoms with Crippen molar-refractivity contribution in [3.8, 4) is 0 Å². The Morgan fingerprint density at radius 1 is 1.44 bits per heavy atom. The molecule has 0 radical (unpaired) electrons. The Balaban J connectivity index is 3.19. The number of nitro groups is 1. The van der Waals surface area contributed by atoms with Crippen LogP contribution < -0.4 is 0 Å².